The van der Waals surface area contributed by atoms with Crippen molar-refractivity contribution in [2.75, 3.05) is 7.11 Å². The number of aromatic nitrogens is 3. The number of ketones is 1. The van der Waals surface area contributed by atoms with Crippen molar-refractivity contribution in [1.82, 2.24) is 14.8 Å². The van der Waals surface area contributed by atoms with Crippen molar-refractivity contribution >= 4 is 17.1 Å². The molecule has 0 fully saturated rings. The predicted molar refractivity (Wildman–Crippen MR) is 142 cm³/mol. The van der Waals surface area contributed by atoms with Gasteiger partial charge in [-0.05, 0) is 43.2 Å². The summed E-state index contributed by atoms with van der Waals surface area (Å²) < 4.78 is 7.14. The summed E-state index contributed by atoms with van der Waals surface area (Å²) in [4.78, 5) is 14.6. The van der Waals surface area contributed by atoms with Crippen molar-refractivity contribution in [2.45, 2.75) is 91.1 Å². The Morgan fingerprint density at radius 3 is 2.17 bits per heavy atom. The van der Waals surface area contributed by atoms with Crippen LogP contribution in [0.15, 0.2) is 30.3 Å². The van der Waals surface area contributed by atoms with Crippen molar-refractivity contribution in [3.8, 4) is 10.8 Å². The van der Waals surface area contributed by atoms with E-state index in [0.717, 1.165) is 41.4 Å². The number of hydrogen-bond acceptors (Lipinski definition) is 6. The zero-order valence-electron chi connectivity index (χ0n) is 21.4. The van der Waals surface area contributed by atoms with Crippen molar-refractivity contribution in [1.29, 1.82) is 0 Å². The highest BCUT2D eigenvalue weighted by Crippen LogP contribution is 2.31. The second-order valence-corrected chi connectivity index (χ2v) is 10.1. The molecule has 0 atom stereocenters. The van der Waals surface area contributed by atoms with E-state index >= 15 is 0 Å². The number of thiophene rings is 1. The van der Waals surface area contributed by atoms with Gasteiger partial charge in [0.15, 0.2) is 11.6 Å². The number of aryl methyl sites for hydroxylation is 2. The molecule has 0 aliphatic rings. The number of unbranched alkanes of at least 4 members (excludes halogenated alkanes) is 8. The maximum atomic E-state index is 13.5. The summed E-state index contributed by atoms with van der Waals surface area (Å²) in [5.74, 6) is 1.95. The van der Waals surface area contributed by atoms with Crippen molar-refractivity contribution in [3.63, 3.8) is 0 Å². The van der Waals surface area contributed by atoms with Gasteiger partial charge in [-0.1, -0.05) is 65.2 Å². The third-order valence-electron chi connectivity index (χ3n) is 6.35. The summed E-state index contributed by atoms with van der Waals surface area (Å²) in [5.41, 5.74) is 1.23. The van der Waals surface area contributed by atoms with Gasteiger partial charge in [0.1, 0.15) is 23.2 Å². The number of ether oxygens (including phenoxy) is 1. The van der Waals surface area contributed by atoms with Crippen LogP contribution in [0, 0.1) is 0 Å². The van der Waals surface area contributed by atoms with Crippen LogP contribution in [-0.4, -0.2) is 32.8 Å². The molecular weight excluding hydrogens is 458 g/mol. The molecule has 0 saturated heterocycles. The molecule has 0 aliphatic heterocycles. The van der Waals surface area contributed by atoms with Crippen LogP contribution in [0.5, 0.6) is 5.75 Å². The van der Waals surface area contributed by atoms with Gasteiger partial charge in [-0.2, -0.15) is 0 Å². The quantitative estimate of drug-likeness (QED) is 0.176. The van der Waals surface area contributed by atoms with Crippen LogP contribution in [0.1, 0.15) is 104 Å². The van der Waals surface area contributed by atoms with Gasteiger partial charge in [0.05, 0.1) is 12.7 Å². The second kappa shape index (κ2) is 14.1. The highest BCUT2D eigenvalue weighted by atomic mass is 32.1. The number of carbonyl (C=O) groups is 1. The van der Waals surface area contributed by atoms with Crippen LogP contribution in [0.3, 0.4) is 0 Å². The fourth-order valence-corrected chi connectivity index (χ4v) is 5.41. The van der Waals surface area contributed by atoms with E-state index in [9.17, 15) is 9.90 Å². The molecule has 0 saturated carbocycles. The van der Waals surface area contributed by atoms with E-state index in [2.05, 4.69) is 24.0 Å². The van der Waals surface area contributed by atoms with Gasteiger partial charge in [0.2, 0.25) is 0 Å². The van der Waals surface area contributed by atoms with Gasteiger partial charge in [-0.3, -0.25) is 9.36 Å². The minimum atomic E-state index is -0.222. The van der Waals surface area contributed by atoms with Crippen LogP contribution in [0.25, 0.3) is 5.00 Å². The van der Waals surface area contributed by atoms with Gasteiger partial charge in [0, 0.05) is 16.9 Å². The maximum Gasteiger partial charge on any atom is 0.196 e. The molecule has 3 rings (SSSR count). The molecule has 2 aromatic heterocycles. The first-order valence-electron chi connectivity index (χ1n) is 13.0. The van der Waals surface area contributed by atoms with Crippen LogP contribution < -0.4 is 4.74 Å². The maximum absolute atomic E-state index is 13.5. The smallest absolute Gasteiger partial charge is 0.196 e. The Kier molecular flexibility index (Phi) is 10.9. The fourth-order valence-electron chi connectivity index (χ4n) is 4.28. The third-order valence-corrected chi connectivity index (χ3v) is 7.62. The highest BCUT2D eigenvalue weighted by Gasteiger charge is 2.23. The average molecular weight is 498 g/mol. The van der Waals surface area contributed by atoms with E-state index in [0.29, 0.717) is 22.7 Å². The van der Waals surface area contributed by atoms with Crippen LogP contribution in [-0.2, 0) is 19.4 Å². The van der Waals surface area contributed by atoms with Crippen molar-refractivity contribution in [2.24, 2.45) is 0 Å². The first kappa shape index (κ1) is 27.1. The minimum absolute atomic E-state index is 0.0507. The first-order chi connectivity index (χ1) is 17.1. The number of rotatable bonds is 16. The molecule has 35 heavy (non-hydrogen) atoms. The number of aliphatic hydroxyl groups excluding tert-OH is 1. The van der Waals surface area contributed by atoms with E-state index in [-0.39, 0.29) is 12.4 Å². The summed E-state index contributed by atoms with van der Waals surface area (Å²) in [6, 6.07) is 9.14. The molecular formula is C28H39N3O3S. The van der Waals surface area contributed by atoms with Gasteiger partial charge in [-0.25, -0.2) is 0 Å². The van der Waals surface area contributed by atoms with E-state index in [1.54, 1.807) is 42.7 Å². The number of methoxy groups -OCH3 is 1. The molecule has 6 nitrogen and oxygen atoms in total. The summed E-state index contributed by atoms with van der Waals surface area (Å²) in [7, 11) is 1.61. The minimum Gasteiger partial charge on any atom is -0.497 e. The topological polar surface area (TPSA) is 77.2 Å². The predicted octanol–water partition coefficient (Wildman–Crippen LogP) is 6.70. The number of aliphatic hydroxyl groups is 1. The Morgan fingerprint density at radius 1 is 0.943 bits per heavy atom. The molecule has 7 heteroatoms. The lowest BCUT2D eigenvalue weighted by Gasteiger charge is -2.10. The summed E-state index contributed by atoms with van der Waals surface area (Å²) in [6.07, 6.45) is 12.9. The van der Waals surface area contributed by atoms with Gasteiger partial charge in [-0.15, -0.1) is 21.5 Å². The molecule has 0 spiro atoms. The summed E-state index contributed by atoms with van der Waals surface area (Å²) in [5, 5.41) is 19.4. The molecule has 3 aromatic rings. The van der Waals surface area contributed by atoms with E-state index in [1.165, 1.54) is 44.9 Å². The van der Waals surface area contributed by atoms with Gasteiger partial charge < -0.3 is 9.84 Å². The van der Waals surface area contributed by atoms with Crippen LogP contribution in [0.2, 0.25) is 0 Å². The highest BCUT2D eigenvalue weighted by molar-refractivity contribution is 7.15. The Balaban J connectivity index is 1.74. The average Bonchev–Trinajstić information content (AvgIpc) is 3.50. The fraction of sp³-hybridized carbons (Fsp3) is 0.536. The Hall–Kier alpha value is -2.51. The first-order valence-corrected chi connectivity index (χ1v) is 13.8. The molecule has 1 N–H and O–H groups in total. The Labute approximate surface area is 213 Å². The number of nitrogens with zero attached hydrogens (tertiary/aromatic N) is 3. The lowest BCUT2D eigenvalue weighted by Crippen LogP contribution is -2.10. The molecule has 0 amide bonds. The molecule has 1 aromatic carbocycles. The van der Waals surface area contributed by atoms with Crippen LogP contribution >= 0.6 is 11.3 Å². The van der Waals surface area contributed by atoms with Gasteiger partial charge in [0.25, 0.3) is 0 Å². The monoisotopic (exact) mass is 497 g/mol. The number of benzene rings is 1. The van der Waals surface area contributed by atoms with Crippen LogP contribution in [0.4, 0.5) is 0 Å². The molecule has 0 radical (unpaired) electrons. The van der Waals surface area contributed by atoms with Crippen molar-refractivity contribution < 1.29 is 14.6 Å². The Morgan fingerprint density at radius 2 is 1.57 bits per heavy atom. The third kappa shape index (κ3) is 7.24. The zero-order valence-corrected chi connectivity index (χ0v) is 22.2. The lowest BCUT2D eigenvalue weighted by atomic mass is 10.0. The molecule has 0 bridgehead atoms. The molecule has 2 heterocycles. The molecule has 190 valence electrons. The van der Waals surface area contributed by atoms with E-state index < -0.39 is 0 Å². The molecule has 0 aliphatic carbocycles. The number of carbonyl (C=O) groups excluding carboxylic acids is 1. The van der Waals surface area contributed by atoms with E-state index in [1.807, 2.05) is 10.6 Å². The number of hydrogen-bond donors (Lipinski definition) is 1. The lowest BCUT2D eigenvalue weighted by molar-refractivity contribution is 0.103. The zero-order chi connectivity index (χ0) is 25.0. The SMILES string of the molecule is CCCCCCCCCCCc1nnc(CO)n1-c1sc(CC)cc1C(=O)c1ccc(OC)cc1. The summed E-state index contributed by atoms with van der Waals surface area (Å²) >= 11 is 1.57. The second-order valence-electron chi connectivity index (χ2n) is 8.95. The summed E-state index contributed by atoms with van der Waals surface area (Å²) in [6.45, 7) is 4.11. The Bertz CT molecular complexity index is 1060. The van der Waals surface area contributed by atoms with Crippen molar-refractivity contribution in [3.05, 3.63) is 58.0 Å². The van der Waals surface area contributed by atoms with E-state index in [4.69, 9.17) is 4.74 Å². The van der Waals surface area contributed by atoms with Gasteiger partial charge >= 0.3 is 0 Å². The molecule has 0 unspecified atom stereocenters. The normalized spacial score (nSPS) is 11.2. The standard InChI is InChI=1S/C28H39N3O3S/c1-4-6-7-8-9-10-11-12-13-14-25-29-30-26(20-32)31(25)28-24(19-23(5-2)35-28)27(33)21-15-17-22(34-3)18-16-21/h15-19,32H,4-14,20H2,1-3H3. The largest absolute Gasteiger partial charge is 0.497 e.